The van der Waals surface area contributed by atoms with E-state index >= 15 is 0 Å². The Balaban J connectivity index is 2.10. The van der Waals surface area contributed by atoms with Crippen molar-refractivity contribution in [2.75, 3.05) is 22.9 Å². The lowest BCUT2D eigenvalue weighted by molar-refractivity contribution is 0.606. The fourth-order valence-electron chi connectivity index (χ4n) is 1.82. The number of aromatic nitrogens is 2. The summed E-state index contributed by atoms with van der Waals surface area (Å²) in [5, 5.41) is 7.05. The first-order chi connectivity index (χ1) is 10.1. The van der Waals surface area contributed by atoms with Gasteiger partial charge in [-0.25, -0.2) is 9.97 Å². The molecule has 2 aromatic rings. The van der Waals surface area contributed by atoms with Gasteiger partial charge in [-0.05, 0) is 30.5 Å². The molecular weight excluding hydrogens is 286 g/mol. The van der Waals surface area contributed by atoms with E-state index in [0.29, 0.717) is 28.3 Å². The second-order valence-electron chi connectivity index (χ2n) is 5.23. The van der Waals surface area contributed by atoms with Crippen molar-refractivity contribution in [3.63, 3.8) is 0 Å². The van der Waals surface area contributed by atoms with E-state index in [-0.39, 0.29) is 0 Å². The Bertz CT molecular complexity index is 600. The van der Waals surface area contributed by atoms with Crippen LogP contribution >= 0.6 is 11.6 Å². The summed E-state index contributed by atoms with van der Waals surface area (Å²) >= 11 is 5.96. The van der Waals surface area contributed by atoms with Gasteiger partial charge in [-0.3, -0.25) is 0 Å². The summed E-state index contributed by atoms with van der Waals surface area (Å²) in [4.78, 5) is 8.36. The minimum atomic E-state index is 0.501. The zero-order valence-electron chi connectivity index (χ0n) is 12.2. The highest BCUT2D eigenvalue weighted by atomic mass is 35.5. The number of nitrogens with two attached hydrogens (primary N) is 1. The molecular formula is C15H20ClN5. The van der Waals surface area contributed by atoms with Crippen LogP contribution in [0.15, 0.2) is 30.6 Å². The van der Waals surface area contributed by atoms with Crippen molar-refractivity contribution in [1.82, 2.24) is 9.97 Å². The average molecular weight is 306 g/mol. The fourth-order valence-corrected chi connectivity index (χ4v) is 2.01. The normalized spacial score (nSPS) is 10.7. The number of nitrogens with zero attached hydrogens (tertiary/aromatic N) is 2. The van der Waals surface area contributed by atoms with Crippen molar-refractivity contribution in [3.05, 3.63) is 35.6 Å². The molecule has 0 aliphatic heterocycles. The number of hydrogen-bond donors (Lipinski definition) is 3. The molecule has 0 bridgehead atoms. The Kier molecular flexibility index (Phi) is 5.22. The SMILES string of the molecule is CC(C)CCNc1ncnc(Nc2cccc(Cl)c2)c1N. The molecule has 6 heteroatoms. The topological polar surface area (TPSA) is 75.9 Å². The lowest BCUT2D eigenvalue weighted by Gasteiger charge is -2.13. The molecule has 0 aliphatic carbocycles. The van der Waals surface area contributed by atoms with Gasteiger partial charge >= 0.3 is 0 Å². The third-order valence-electron chi connectivity index (χ3n) is 2.99. The zero-order chi connectivity index (χ0) is 15.2. The Morgan fingerprint density at radius 3 is 2.71 bits per heavy atom. The number of nitrogens with one attached hydrogen (secondary N) is 2. The van der Waals surface area contributed by atoms with Gasteiger partial charge in [0.15, 0.2) is 11.6 Å². The van der Waals surface area contributed by atoms with E-state index in [2.05, 4.69) is 34.4 Å². The van der Waals surface area contributed by atoms with Crippen LogP contribution in [0.25, 0.3) is 0 Å². The summed E-state index contributed by atoms with van der Waals surface area (Å²) in [7, 11) is 0. The van der Waals surface area contributed by atoms with E-state index in [1.165, 1.54) is 6.33 Å². The summed E-state index contributed by atoms with van der Waals surface area (Å²) in [6, 6.07) is 7.40. The first-order valence-electron chi connectivity index (χ1n) is 6.93. The summed E-state index contributed by atoms with van der Waals surface area (Å²) in [5.74, 6) is 1.85. The maximum atomic E-state index is 6.10. The summed E-state index contributed by atoms with van der Waals surface area (Å²) in [5.41, 5.74) is 7.44. The van der Waals surface area contributed by atoms with Crippen LogP contribution in [0.4, 0.5) is 23.0 Å². The highest BCUT2D eigenvalue weighted by molar-refractivity contribution is 6.30. The summed E-state index contributed by atoms with van der Waals surface area (Å²) in [6.45, 7) is 5.18. The molecule has 0 fully saturated rings. The van der Waals surface area contributed by atoms with Gasteiger partial charge in [0.25, 0.3) is 0 Å². The molecule has 0 amide bonds. The summed E-state index contributed by atoms with van der Waals surface area (Å²) in [6.07, 6.45) is 2.54. The van der Waals surface area contributed by atoms with Gasteiger partial charge in [-0.15, -0.1) is 0 Å². The van der Waals surface area contributed by atoms with Crippen LogP contribution in [0, 0.1) is 5.92 Å². The molecule has 1 aromatic heterocycles. The van der Waals surface area contributed by atoms with E-state index in [1.54, 1.807) is 0 Å². The monoisotopic (exact) mass is 305 g/mol. The smallest absolute Gasteiger partial charge is 0.159 e. The lowest BCUT2D eigenvalue weighted by atomic mass is 10.1. The number of anilines is 4. The fraction of sp³-hybridized carbons (Fsp3) is 0.333. The Morgan fingerprint density at radius 1 is 1.24 bits per heavy atom. The van der Waals surface area contributed by atoms with E-state index in [9.17, 15) is 0 Å². The van der Waals surface area contributed by atoms with E-state index in [4.69, 9.17) is 17.3 Å². The van der Waals surface area contributed by atoms with Gasteiger partial charge in [0.2, 0.25) is 0 Å². The van der Waals surface area contributed by atoms with Crippen LogP contribution in [0.5, 0.6) is 0 Å². The minimum Gasteiger partial charge on any atom is -0.393 e. The zero-order valence-corrected chi connectivity index (χ0v) is 13.0. The van der Waals surface area contributed by atoms with Gasteiger partial charge in [0.1, 0.15) is 12.0 Å². The van der Waals surface area contributed by atoms with E-state index in [0.717, 1.165) is 18.7 Å². The highest BCUT2D eigenvalue weighted by Crippen LogP contribution is 2.26. The lowest BCUT2D eigenvalue weighted by Crippen LogP contribution is -2.10. The molecule has 4 N–H and O–H groups in total. The Labute approximate surface area is 129 Å². The molecule has 21 heavy (non-hydrogen) atoms. The molecule has 5 nitrogen and oxygen atoms in total. The molecule has 1 aromatic carbocycles. The largest absolute Gasteiger partial charge is 0.393 e. The first kappa shape index (κ1) is 15.4. The van der Waals surface area contributed by atoms with Crippen molar-refractivity contribution in [1.29, 1.82) is 0 Å². The first-order valence-corrected chi connectivity index (χ1v) is 7.31. The molecule has 1 heterocycles. The third-order valence-corrected chi connectivity index (χ3v) is 3.22. The van der Waals surface area contributed by atoms with Crippen molar-refractivity contribution in [3.8, 4) is 0 Å². The number of nitrogen functional groups attached to an aromatic ring is 1. The molecule has 0 spiro atoms. The number of halogens is 1. The highest BCUT2D eigenvalue weighted by Gasteiger charge is 2.08. The third kappa shape index (κ3) is 4.49. The van der Waals surface area contributed by atoms with E-state index in [1.807, 2.05) is 24.3 Å². The minimum absolute atomic E-state index is 0.501. The van der Waals surface area contributed by atoms with Crippen LogP contribution in [0.2, 0.25) is 5.02 Å². The van der Waals surface area contributed by atoms with Crippen LogP contribution in [-0.2, 0) is 0 Å². The van der Waals surface area contributed by atoms with Gasteiger partial charge in [0, 0.05) is 17.3 Å². The van der Waals surface area contributed by atoms with Crippen LogP contribution in [-0.4, -0.2) is 16.5 Å². The molecule has 112 valence electrons. The molecule has 0 unspecified atom stereocenters. The maximum Gasteiger partial charge on any atom is 0.159 e. The molecule has 0 aliphatic rings. The molecule has 0 atom stereocenters. The van der Waals surface area contributed by atoms with Gasteiger partial charge in [0.05, 0.1) is 0 Å². The molecule has 0 radical (unpaired) electrons. The second-order valence-corrected chi connectivity index (χ2v) is 5.67. The average Bonchev–Trinajstić information content (AvgIpc) is 2.42. The van der Waals surface area contributed by atoms with Crippen LogP contribution < -0.4 is 16.4 Å². The predicted molar refractivity (Wildman–Crippen MR) is 89.1 cm³/mol. The number of benzene rings is 1. The Morgan fingerprint density at radius 2 is 2.00 bits per heavy atom. The van der Waals surface area contributed by atoms with Gasteiger partial charge in [-0.1, -0.05) is 31.5 Å². The maximum absolute atomic E-state index is 6.10. The molecule has 0 saturated carbocycles. The number of hydrogen-bond acceptors (Lipinski definition) is 5. The van der Waals surface area contributed by atoms with E-state index < -0.39 is 0 Å². The second kappa shape index (κ2) is 7.13. The van der Waals surface area contributed by atoms with Gasteiger partial charge < -0.3 is 16.4 Å². The van der Waals surface area contributed by atoms with Crippen molar-refractivity contribution in [2.45, 2.75) is 20.3 Å². The van der Waals surface area contributed by atoms with Crippen LogP contribution in [0.1, 0.15) is 20.3 Å². The van der Waals surface area contributed by atoms with Crippen molar-refractivity contribution in [2.24, 2.45) is 5.92 Å². The van der Waals surface area contributed by atoms with Crippen molar-refractivity contribution < 1.29 is 0 Å². The van der Waals surface area contributed by atoms with Gasteiger partial charge in [-0.2, -0.15) is 0 Å². The number of rotatable bonds is 6. The predicted octanol–water partition coefficient (Wildman–Crippen LogP) is 3.91. The molecule has 0 saturated heterocycles. The standard InChI is InChI=1S/C15H20ClN5/c1-10(2)6-7-18-14-13(17)15(20-9-19-14)21-12-5-3-4-11(16)8-12/h3-5,8-10H,6-7,17H2,1-2H3,(H2,18,19,20,21). The van der Waals surface area contributed by atoms with Crippen LogP contribution in [0.3, 0.4) is 0 Å². The quantitative estimate of drug-likeness (QED) is 0.754. The summed E-state index contributed by atoms with van der Waals surface area (Å²) < 4.78 is 0. The molecule has 2 rings (SSSR count). The Hall–Kier alpha value is -2.01. The van der Waals surface area contributed by atoms with Crippen molar-refractivity contribution >= 4 is 34.6 Å².